The number of aliphatic hydroxyl groups excluding tert-OH is 1. The zero-order chi connectivity index (χ0) is 12.8. The molecule has 2 nitrogen and oxygen atoms in total. The molecule has 0 unspecified atom stereocenters. The normalized spacial score (nSPS) is 10.3. The third-order valence-electron chi connectivity index (χ3n) is 2.69. The Morgan fingerprint density at radius 3 is 2.33 bits per heavy atom. The molecule has 0 aliphatic heterocycles. The van der Waals surface area contributed by atoms with Crippen LogP contribution in [0.25, 0.3) is 0 Å². The number of hydrogen-bond acceptors (Lipinski definition) is 2. The van der Waals surface area contributed by atoms with Crippen LogP contribution in [-0.2, 0) is 13.0 Å². The van der Waals surface area contributed by atoms with Crippen LogP contribution >= 0.6 is 11.6 Å². The smallest absolute Gasteiger partial charge is 0.123 e. The number of hydrogen-bond donors (Lipinski definition) is 1. The second kappa shape index (κ2) is 6.43. The minimum Gasteiger partial charge on any atom is -0.489 e. The van der Waals surface area contributed by atoms with Crippen molar-refractivity contribution < 1.29 is 9.84 Å². The Morgan fingerprint density at radius 2 is 1.61 bits per heavy atom. The van der Waals surface area contributed by atoms with Crippen molar-refractivity contribution in [3.05, 3.63) is 64.7 Å². The van der Waals surface area contributed by atoms with E-state index < -0.39 is 0 Å². The maximum Gasteiger partial charge on any atom is 0.123 e. The first-order valence-corrected chi connectivity index (χ1v) is 6.24. The lowest BCUT2D eigenvalue weighted by Gasteiger charge is -2.11. The average molecular weight is 263 g/mol. The lowest BCUT2D eigenvalue weighted by Crippen LogP contribution is -2.00. The molecule has 0 aliphatic carbocycles. The van der Waals surface area contributed by atoms with Gasteiger partial charge < -0.3 is 9.84 Å². The minimum absolute atomic E-state index is 0.118. The van der Waals surface area contributed by atoms with E-state index in [4.69, 9.17) is 21.4 Å². The Balaban J connectivity index is 2.08. The van der Waals surface area contributed by atoms with Crippen LogP contribution in [0.3, 0.4) is 0 Å². The third-order valence-corrected chi connectivity index (χ3v) is 3.06. The van der Waals surface area contributed by atoms with E-state index in [1.165, 1.54) is 0 Å². The zero-order valence-corrected chi connectivity index (χ0v) is 10.7. The molecule has 2 aromatic carbocycles. The summed E-state index contributed by atoms with van der Waals surface area (Å²) >= 11 is 6.07. The predicted molar refractivity (Wildman–Crippen MR) is 73.0 cm³/mol. The second-order valence-corrected chi connectivity index (χ2v) is 4.37. The molecule has 0 radical (unpaired) electrons. The summed E-state index contributed by atoms with van der Waals surface area (Å²) in [7, 11) is 0. The molecule has 94 valence electrons. The van der Waals surface area contributed by atoms with Crippen LogP contribution < -0.4 is 4.74 Å². The van der Waals surface area contributed by atoms with E-state index in [0.29, 0.717) is 18.1 Å². The van der Waals surface area contributed by atoms with E-state index in [1.807, 2.05) is 48.5 Å². The van der Waals surface area contributed by atoms with Crippen LogP contribution in [0, 0.1) is 0 Å². The van der Waals surface area contributed by atoms with Gasteiger partial charge in [-0.15, -0.1) is 0 Å². The Kier molecular flexibility index (Phi) is 4.62. The van der Waals surface area contributed by atoms with Crippen LogP contribution in [0.15, 0.2) is 48.5 Å². The molecule has 2 rings (SSSR count). The van der Waals surface area contributed by atoms with Crippen molar-refractivity contribution in [3.63, 3.8) is 0 Å². The van der Waals surface area contributed by atoms with Crippen LogP contribution in [0.4, 0.5) is 0 Å². The summed E-state index contributed by atoms with van der Waals surface area (Å²) in [6.07, 6.45) is 0.596. The molecule has 0 aliphatic rings. The number of ether oxygens (including phenoxy) is 1. The molecule has 1 N–H and O–H groups in total. The summed E-state index contributed by atoms with van der Waals surface area (Å²) in [5, 5.41) is 9.70. The Bertz CT molecular complexity index is 511. The van der Waals surface area contributed by atoms with Gasteiger partial charge in [0.05, 0.1) is 0 Å². The van der Waals surface area contributed by atoms with Crippen molar-refractivity contribution in [2.75, 3.05) is 6.61 Å². The van der Waals surface area contributed by atoms with Gasteiger partial charge in [0.2, 0.25) is 0 Å². The summed E-state index contributed by atoms with van der Waals surface area (Å²) < 4.78 is 5.76. The first-order chi connectivity index (χ1) is 8.81. The number of aliphatic hydroxyl groups is 1. The van der Waals surface area contributed by atoms with Gasteiger partial charge in [-0.25, -0.2) is 0 Å². The zero-order valence-electron chi connectivity index (χ0n) is 9.97. The highest BCUT2D eigenvalue weighted by Crippen LogP contribution is 2.22. The lowest BCUT2D eigenvalue weighted by atomic mass is 10.1. The van der Waals surface area contributed by atoms with E-state index in [-0.39, 0.29) is 6.61 Å². The van der Waals surface area contributed by atoms with Crippen molar-refractivity contribution in [2.24, 2.45) is 0 Å². The van der Waals surface area contributed by atoms with E-state index in [2.05, 4.69) is 0 Å². The summed E-state index contributed by atoms with van der Waals surface area (Å²) in [6.45, 7) is 0.550. The van der Waals surface area contributed by atoms with Gasteiger partial charge in [-0.05, 0) is 24.1 Å². The SMILES string of the molecule is OCCc1ccccc1OCc1ccccc1Cl. The van der Waals surface area contributed by atoms with Crippen molar-refractivity contribution >= 4 is 11.6 Å². The largest absolute Gasteiger partial charge is 0.489 e. The summed E-state index contributed by atoms with van der Waals surface area (Å²) in [6, 6.07) is 15.3. The highest BCUT2D eigenvalue weighted by molar-refractivity contribution is 6.31. The van der Waals surface area contributed by atoms with Crippen LogP contribution in [0.5, 0.6) is 5.75 Å². The van der Waals surface area contributed by atoms with E-state index >= 15 is 0 Å². The molecule has 0 atom stereocenters. The maximum absolute atomic E-state index is 9.00. The fourth-order valence-electron chi connectivity index (χ4n) is 1.74. The van der Waals surface area contributed by atoms with Gasteiger partial charge in [0.1, 0.15) is 12.4 Å². The Morgan fingerprint density at radius 1 is 0.944 bits per heavy atom. The fraction of sp³-hybridized carbons (Fsp3) is 0.200. The number of para-hydroxylation sites is 1. The van der Waals surface area contributed by atoms with Gasteiger partial charge >= 0.3 is 0 Å². The fourth-order valence-corrected chi connectivity index (χ4v) is 1.93. The molecule has 0 amide bonds. The Hall–Kier alpha value is -1.51. The van der Waals surface area contributed by atoms with Gasteiger partial charge in [-0.2, -0.15) is 0 Å². The van der Waals surface area contributed by atoms with Gasteiger partial charge in [-0.3, -0.25) is 0 Å². The molecule has 0 heterocycles. The number of rotatable bonds is 5. The van der Waals surface area contributed by atoms with Gasteiger partial charge in [0, 0.05) is 17.2 Å². The third kappa shape index (κ3) is 3.25. The summed E-state index contributed by atoms with van der Waals surface area (Å²) in [5.74, 6) is 0.798. The van der Waals surface area contributed by atoms with Crippen molar-refractivity contribution in [3.8, 4) is 5.75 Å². The van der Waals surface area contributed by atoms with Gasteiger partial charge in [0.15, 0.2) is 0 Å². The Labute approximate surface area is 112 Å². The average Bonchev–Trinajstić information content (AvgIpc) is 2.40. The molecule has 0 aromatic heterocycles. The van der Waals surface area contributed by atoms with Crippen molar-refractivity contribution in [2.45, 2.75) is 13.0 Å². The molecule has 0 spiro atoms. The lowest BCUT2D eigenvalue weighted by molar-refractivity contribution is 0.284. The quantitative estimate of drug-likeness (QED) is 0.894. The standard InChI is InChI=1S/C15H15ClO2/c16-14-7-3-1-6-13(14)11-18-15-8-4-2-5-12(15)9-10-17/h1-8,17H,9-11H2. The molecule has 3 heteroatoms. The van der Waals surface area contributed by atoms with E-state index in [1.54, 1.807) is 0 Å². The first kappa shape index (κ1) is 12.9. The highest BCUT2D eigenvalue weighted by Gasteiger charge is 2.04. The molecular formula is C15H15ClO2. The van der Waals surface area contributed by atoms with Crippen LogP contribution in [-0.4, -0.2) is 11.7 Å². The summed E-state index contributed by atoms with van der Waals surface area (Å²) in [5.41, 5.74) is 1.96. The van der Waals surface area contributed by atoms with E-state index in [9.17, 15) is 0 Å². The van der Waals surface area contributed by atoms with Crippen LogP contribution in [0.1, 0.15) is 11.1 Å². The summed E-state index contributed by atoms with van der Waals surface area (Å²) in [4.78, 5) is 0. The number of halogens is 1. The monoisotopic (exact) mass is 262 g/mol. The highest BCUT2D eigenvalue weighted by atomic mass is 35.5. The second-order valence-electron chi connectivity index (χ2n) is 3.96. The van der Waals surface area contributed by atoms with Crippen LogP contribution in [0.2, 0.25) is 5.02 Å². The van der Waals surface area contributed by atoms with Crippen molar-refractivity contribution in [1.82, 2.24) is 0 Å². The molecular weight excluding hydrogens is 248 g/mol. The molecule has 2 aromatic rings. The molecule has 0 saturated heterocycles. The first-order valence-electron chi connectivity index (χ1n) is 5.86. The molecule has 18 heavy (non-hydrogen) atoms. The van der Waals surface area contributed by atoms with E-state index in [0.717, 1.165) is 16.9 Å². The van der Waals surface area contributed by atoms with Gasteiger partial charge in [-0.1, -0.05) is 48.0 Å². The number of benzene rings is 2. The maximum atomic E-state index is 9.00. The molecule has 0 fully saturated rings. The predicted octanol–water partition coefficient (Wildman–Crippen LogP) is 3.45. The molecule has 0 bridgehead atoms. The van der Waals surface area contributed by atoms with Gasteiger partial charge in [0.25, 0.3) is 0 Å². The molecule has 0 saturated carbocycles. The minimum atomic E-state index is 0.118. The topological polar surface area (TPSA) is 29.5 Å². The van der Waals surface area contributed by atoms with Crippen molar-refractivity contribution in [1.29, 1.82) is 0 Å².